The summed E-state index contributed by atoms with van der Waals surface area (Å²) in [6.45, 7) is 0.0819. The summed E-state index contributed by atoms with van der Waals surface area (Å²) in [4.78, 5) is 11.8. The van der Waals surface area contributed by atoms with E-state index in [9.17, 15) is 4.79 Å². The molecule has 2 aromatic carbocycles. The maximum atomic E-state index is 11.8. The van der Waals surface area contributed by atoms with Crippen molar-refractivity contribution in [3.8, 4) is 0 Å². The molecule has 0 bridgehead atoms. The number of carbonyl (C=O) groups excluding carboxylic acids is 1. The summed E-state index contributed by atoms with van der Waals surface area (Å²) in [7, 11) is 0. The number of rotatable bonds is 6. The number of benzene rings is 2. The summed E-state index contributed by atoms with van der Waals surface area (Å²) in [5.41, 5.74) is 4.27. The number of carbonyl (C=O) groups is 1. The van der Waals surface area contributed by atoms with Crippen LogP contribution in [0.3, 0.4) is 0 Å². The second-order valence-corrected chi connectivity index (χ2v) is 6.83. The Bertz CT molecular complexity index is 741. The third-order valence-electron chi connectivity index (χ3n) is 2.87. The summed E-state index contributed by atoms with van der Waals surface area (Å²) in [6.07, 6.45) is 5.18. The lowest BCUT2D eigenvalue weighted by Crippen LogP contribution is -2.26. The first-order valence-electron chi connectivity index (χ1n) is 6.98. The van der Waals surface area contributed by atoms with Crippen molar-refractivity contribution in [2.45, 2.75) is 0 Å². The predicted molar refractivity (Wildman–Crippen MR) is 107 cm³/mol. The molecule has 2 aromatic rings. The maximum Gasteiger partial charge on any atom is 0.259 e. The van der Waals surface area contributed by atoms with Gasteiger partial charge in [0.2, 0.25) is 0 Å². The molecule has 2 rings (SSSR count). The van der Waals surface area contributed by atoms with Crippen LogP contribution in [0.1, 0.15) is 5.56 Å². The smallest absolute Gasteiger partial charge is 0.259 e. The van der Waals surface area contributed by atoms with E-state index in [1.165, 1.54) is 6.21 Å². The minimum Gasteiger partial charge on any atom is -0.374 e. The number of hydrazone groups is 1. The number of anilines is 1. The molecule has 0 unspecified atom stereocenters. The van der Waals surface area contributed by atoms with E-state index >= 15 is 0 Å². The van der Waals surface area contributed by atoms with Crippen LogP contribution in [0.4, 0.5) is 5.69 Å². The number of hydrogen-bond donors (Lipinski definition) is 2. The minimum absolute atomic E-state index is 0.0819. The van der Waals surface area contributed by atoms with E-state index in [2.05, 4.69) is 47.7 Å². The normalized spacial score (nSPS) is 11.1. The van der Waals surface area contributed by atoms with Gasteiger partial charge >= 0.3 is 0 Å². The van der Waals surface area contributed by atoms with Crippen molar-refractivity contribution in [1.29, 1.82) is 0 Å². The number of nitrogens with one attached hydrogen (secondary N) is 2. The molecule has 1 amide bonds. The Morgan fingerprint density at radius 2 is 1.83 bits per heavy atom. The molecule has 0 fully saturated rings. The number of amides is 1. The summed E-state index contributed by atoms with van der Waals surface area (Å²) < 4.78 is 1.54. The highest BCUT2D eigenvalue weighted by Gasteiger charge is 2.08. The van der Waals surface area contributed by atoms with Gasteiger partial charge in [-0.15, -0.1) is 0 Å². The first kappa shape index (κ1) is 18.7. The van der Waals surface area contributed by atoms with E-state index < -0.39 is 0 Å². The van der Waals surface area contributed by atoms with Crippen LogP contribution < -0.4 is 10.7 Å². The van der Waals surface area contributed by atoms with Crippen LogP contribution in [0.25, 0.3) is 6.08 Å². The van der Waals surface area contributed by atoms with Gasteiger partial charge in [0.25, 0.3) is 5.91 Å². The Balaban J connectivity index is 1.80. The van der Waals surface area contributed by atoms with E-state index in [0.29, 0.717) is 5.02 Å². The fourth-order valence-corrected chi connectivity index (χ4v) is 3.74. The monoisotopic (exact) mass is 469 g/mol. The van der Waals surface area contributed by atoms with Crippen molar-refractivity contribution < 1.29 is 4.79 Å². The lowest BCUT2D eigenvalue weighted by atomic mass is 10.2. The molecule has 7 heteroatoms. The molecule has 24 heavy (non-hydrogen) atoms. The van der Waals surface area contributed by atoms with Crippen molar-refractivity contribution in [2.75, 3.05) is 11.9 Å². The lowest BCUT2D eigenvalue weighted by Gasteiger charge is -2.10. The quantitative estimate of drug-likeness (QED) is 0.455. The highest BCUT2D eigenvalue weighted by Crippen LogP contribution is 2.33. The molecular formula is C17H14Br2ClN3O. The maximum absolute atomic E-state index is 11.8. The fraction of sp³-hybridized carbons (Fsp3) is 0.0588. The Morgan fingerprint density at radius 3 is 2.50 bits per heavy atom. The number of allylic oxidation sites excluding steroid dienone is 1. The van der Waals surface area contributed by atoms with Gasteiger partial charge in [-0.2, -0.15) is 5.10 Å². The standard InChI is InChI=1S/C17H14Br2ClN3O/c18-14-9-13(20)10-15(19)17(14)21-11-16(24)23-22-8-4-7-12-5-2-1-3-6-12/h1-10,21H,11H2,(H,23,24)/b7-4-,22-8-. The molecule has 0 aliphatic rings. The topological polar surface area (TPSA) is 53.5 Å². The molecule has 0 spiro atoms. The molecule has 0 radical (unpaired) electrons. The van der Waals surface area contributed by atoms with Crippen LogP contribution in [-0.2, 0) is 4.79 Å². The zero-order valence-corrected chi connectivity index (χ0v) is 16.4. The molecule has 4 nitrogen and oxygen atoms in total. The number of halogens is 3. The first-order chi connectivity index (χ1) is 11.6. The van der Waals surface area contributed by atoms with Crippen LogP contribution in [0, 0.1) is 0 Å². The number of hydrogen-bond acceptors (Lipinski definition) is 3. The van der Waals surface area contributed by atoms with Crippen LogP contribution in [-0.4, -0.2) is 18.7 Å². The van der Waals surface area contributed by atoms with Crippen molar-refractivity contribution in [1.82, 2.24) is 5.43 Å². The highest BCUT2D eigenvalue weighted by molar-refractivity contribution is 9.11. The van der Waals surface area contributed by atoms with Crippen LogP contribution in [0.2, 0.25) is 5.02 Å². The average Bonchev–Trinajstić information content (AvgIpc) is 2.54. The number of nitrogens with zero attached hydrogens (tertiary/aromatic N) is 1. The second kappa shape index (κ2) is 9.61. The largest absolute Gasteiger partial charge is 0.374 e. The van der Waals surface area contributed by atoms with Crippen LogP contribution in [0.15, 0.2) is 62.6 Å². The Morgan fingerprint density at radius 1 is 1.17 bits per heavy atom. The van der Waals surface area contributed by atoms with Gasteiger partial charge < -0.3 is 5.32 Å². The molecule has 0 saturated carbocycles. The van der Waals surface area contributed by atoms with E-state index in [1.54, 1.807) is 18.2 Å². The van der Waals surface area contributed by atoms with E-state index in [-0.39, 0.29) is 12.5 Å². The summed E-state index contributed by atoms with van der Waals surface area (Å²) in [5, 5.41) is 7.48. The van der Waals surface area contributed by atoms with Gasteiger partial charge in [0.15, 0.2) is 0 Å². The minimum atomic E-state index is -0.256. The lowest BCUT2D eigenvalue weighted by molar-refractivity contribution is -0.119. The first-order valence-corrected chi connectivity index (χ1v) is 8.94. The molecular weight excluding hydrogens is 457 g/mol. The molecule has 0 aliphatic carbocycles. The third kappa shape index (κ3) is 6.11. The summed E-state index contributed by atoms with van der Waals surface area (Å²) in [5.74, 6) is -0.256. The second-order valence-electron chi connectivity index (χ2n) is 4.68. The van der Waals surface area contributed by atoms with Gasteiger partial charge in [-0.3, -0.25) is 4.79 Å². The summed E-state index contributed by atoms with van der Waals surface area (Å²) >= 11 is 12.7. The van der Waals surface area contributed by atoms with Crippen molar-refractivity contribution in [3.05, 3.63) is 68.1 Å². The fourth-order valence-electron chi connectivity index (χ4n) is 1.79. The zero-order valence-electron chi connectivity index (χ0n) is 12.5. The van der Waals surface area contributed by atoms with E-state index in [0.717, 1.165) is 20.2 Å². The van der Waals surface area contributed by atoms with E-state index in [1.807, 2.05) is 36.4 Å². The SMILES string of the molecule is O=C(CNc1c(Br)cc(Cl)cc1Br)N/N=C\C=C/c1ccccc1. The highest BCUT2D eigenvalue weighted by atomic mass is 79.9. The molecule has 0 saturated heterocycles. The van der Waals surface area contributed by atoms with Gasteiger partial charge in [0, 0.05) is 20.2 Å². The van der Waals surface area contributed by atoms with Gasteiger partial charge in [-0.1, -0.05) is 48.0 Å². The van der Waals surface area contributed by atoms with Crippen molar-refractivity contribution in [2.24, 2.45) is 5.10 Å². The van der Waals surface area contributed by atoms with Crippen LogP contribution >= 0.6 is 43.5 Å². The third-order valence-corrected chi connectivity index (χ3v) is 4.34. The molecule has 0 heterocycles. The van der Waals surface area contributed by atoms with Gasteiger partial charge in [-0.25, -0.2) is 5.43 Å². The molecule has 0 aromatic heterocycles. The Kier molecular flexibility index (Phi) is 7.49. The zero-order chi connectivity index (χ0) is 17.4. The predicted octanol–water partition coefficient (Wildman–Crippen LogP) is 5.09. The molecule has 0 atom stereocenters. The Labute approximate surface area is 162 Å². The van der Waals surface area contributed by atoms with E-state index in [4.69, 9.17) is 11.6 Å². The Hall–Kier alpha value is -1.63. The van der Waals surface area contributed by atoms with Gasteiger partial charge in [-0.05, 0) is 55.6 Å². The summed E-state index contributed by atoms with van der Waals surface area (Å²) in [6, 6.07) is 13.3. The molecule has 124 valence electrons. The molecule has 0 aliphatic heterocycles. The average molecular weight is 472 g/mol. The van der Waals surface area contributed by atoms with Crippen LogP contribution in [0.5, 0.6) is 0 Å². The van der Waals surface area contributed by atoms with Crippen molar-refractivity contribution in [3.63, 3.8) is 0 Å². The van der Waals surface area contributed by atoms with Gasteiger partial charge in [0.1, 0.15) is 0 Å². The van der Waals surface area contributed by atoms with Crippen molar-refractivity contribution >= 4 is 67.3 Å². The van der Waals surface area contributed by atoms with Gasteiger partial charge in [0.05, 0.1) is 12.2 Å². The molecule has 2 N–H and O–H groups in total.